The first-order valence-electron chi connectivity index (χ1n) is 8.61. The molecule has 0 fully saturated rings. The molecule has 2 aromatic carbocycles. The molecule has 0 aliphatic heterocycles. The summed E-state index contributed by atoms with van der Waals surface area (Å²) in [5.74, 6) is 1.01. The fourth-order valence-corrected chi connectivity index (χ4v) is 2.77. The van der Waals surface area contributed by atoms with Gasteiger partial charge in [-0.2, -0.15) is 0 Å². The molecule has 0 bridgehead atoms. The summed E-state index contributed by atoms with van der Waals surface area (Å²) in [7, 11) is 3.13. The summed E-state index contributed by atoms with van der Waals surface area (Å²) in [6, 6.07) is 16.9. The normalized spacial score (nSPS) is 10.3. The molecule has 5 heteroatoms. The molecule has 0 saturated carbocycles. The average Bonchev–Trinajstić information content (AvgIpc) is 2.72. The lowest BCUT2D eigenvalue weighted by Gasteiger charge is -2.23. The third kappa shape index (κ3) is 4.44. The highest BCUT2D eigenvalue weighted by Gasteiger charge is 2.20. The highest BCUT2D eigenvalue weighted by molar-refractivity contribution is 6.06. The van der Waals surface area contributed by atoms with Crippen LogP contribution >= 0.6 is 0 Å². The molecule has 0 atom stereocenters. The van der Waals surface area contributed by atoms with Gasteiger partial charge in [-0.1, -0.05) is 23.8 Å². The van der Waals surface area contributed by atoms with E-state index < -0.39 is 0 Å². The summed E-state index contributed by atoms with van der Waals surface area (Å²) in [4.78, 5) is 19.2. The van der Waals surface area contributed by atoms with Crippen molar-refractivity contribution in [1.82, 2.24) is 4.98 Å². The number of nitrogens with zero attached hydrogens (tertiary/aromatic N) is 2. The molecule has 27 heavy (non-hydrogen) atoms. The van der Waals surface area contributed by atoms with E-state index in [2.05, 4.69) is 4.98 Å². The predicted octanol–water partition coefficient (Wildman–Crippen LogP) is 4.25. The first kappa shape index (κ1) is 18.5. The van der Waals surface area contributed by atoms with Crippen LogP contribution in [0.4, 0.5) is 5.69 Å². The SMILES string of the molecule is COc1cc(OC)cc(C(=O)N(Cc2cccnc2)c2ccc(C)cc2)c1. The first-order chi connectivity index (χ1) is 13.1. The smallest absolute Gasteiger partial charge is 0.258 e. The van der Waals surface area contributed by atoms with Gasteiger partial charge in [0.25, 0.3) is 5.91 Å². The van der Waals surface area contributed by atoms with Crippen molar-refractivity contribution in [2.24, 2.45) is 0 Å². The molecule has 0 saturated heterocycles. The third-order valence-corrected chi connectivity index (χ3v) is 4.25. The van der Waals surface area contributed by atoms with E-state index in [1.807, 2.05) is 43.3 Å². The number of carbonyl (C=O) groups is 1. The van der Waals surface area contributed by atoms with Crippen LogP contribution in [0.1, 0.15) is 21.5 Å². The zero-order chi connectivity index (χ0) is 19.2. The van der Waals surface area contributed by atoms with Gasteiger partial charge in [-0.05, 0) is 42.8 Å². The van der Waals surface area contributed by atoms with Gasteiger partial charge < -0.3 is 14.4 Å². The van der Waals surface area contributed by atoms with Crippen LogP contribution in [-0.4, -0.2) is 25.1 Å². The van der Waals surface area contributed by atoms with Crippen LogP contribution in [0, 0.1) is 6.92 Å². The quantitative estimate of drug-likeness (QED) is 0.658. The van der Waals surface area contributed by atoms with Crippen LogP contribution < -0.4 is 14.4 Å². The van der Waals surface area contributed by atoms with E-state index in [-0.39, 0.29) is 5.91 Å². The van der Waals surface area contributed by atoms with E-state index in [0.29, 0.717) is 23.6 Å². The fraction of sp³-hybridized carbons (Fsp3) is 0.182. The number of ether oxygens (including phenoxy) is 2. The Bertz CT molecular complexity index is 886. The van der Waals surface area contributed by atoms with Gasteiger partial charge in [0.05, 0.1) is 20.8 Å². The molecule has 0 spiro atoms. The molecule has 0 aliphatic rings. The highest BCUT2D eigenvalue weighted by atomic mass is 16.5. The summed E-state index contributed by atoms with van der Waals surface area (Å²) in [6.45, 7) is 2.43. The van der Waals surface area contributed by atoms with Crippen LogP contribution in [0.15, 0.2) is 67.0 Å². The number of benzene rings is 2. The maximum Gasteiger partial charge on any atom is 0.258 e. The minimum absolute atomic E-state index is 0.139. The number of carbonyl (C=O) groups excluding carboxylic acids is 1. The van der Waals surface area contributed by atoms with Crippen molar-refractivity contribution in [3.63, 3.8) is 0 Å². The summed E-state index contributed by atoms with van der Waals surface area (Å²) in [5, 5.41) is 0. The number of rotatable bonds is 6. The fourth-order valence-electron chi connectivity index (χ4n) is 2.77. The monoisotopic (exact) mass is 362 g/mol. The standard InChI is InChI=1S/C22H22N2O3/c1-16-6-8-19(9-7-16)24(15-17-5-4-10-23-14-17)22(25)18-11-20(26-2)13-21(12-18)27-3/h4-14H,15H2,1-3H3. The van der Waals surface area contributed by atoms with Gasteiger partial charge in [-0.3, -0.25) is 9.78 Å². The molecule has 3 aromatic rings. The van der Waals surface area contributed by atoms with Gasteiger partial charge in [0.1, 0.15) is 11.5 Å². The highest BCUT2D eigenvalue weighted by Crippen LogP contribution is 2.26. The topological polar surface area (TPSA) is 51.7 Å². The third-order valence-electron chi connectivity index (χ3n) is 4.25. The minimum atomic E-state index is -0.139. The van der Waals surface area contributed by atoms with Gasteiger partial charge in [-0.15, -0.1) is 0 Å². The zero-order valence-corrected chi connectivity index (χ0v) is 15.7. The number of hydrogen-bond acceptors (Lipinski definition) is 4. The van der Waals surface area contributed by atoms with Crippen molar-refractivity contribution in [2.75, 3.05) is 19.1 Å². The number of pyridine rings is 1. The van der Waals surface area contributed by atoms with Crippen molar-refractivity contribution in [2.45, 2.75) is 13.5 Å². The van der Waals surface area contributed by atoms with E-state index in [1.165, 1.54) is 0 Å². The van der Waals surface area contributed by atoms with E-state index in [9.17, 15) is 4.79 Å². The molecule has 0 unspecified atom stereocenters. The predicted molar refractivity (Wildman–Crippen MR) is 105 cm³/mol. The number of aromatic nitrogens is 1. The second-order valence-corrected chi connectivity index (χ2v) is 6.19. The van der Waals surface area contributed by atoms with Crippen LogP contribution in [0.3, 0.4) is 0 Å². The zero-order valence-electron chi connectivity index (χ0n) is 15.7. The van der Waals surface area contributed by atoms with Crippen molar-refractivity contribution >= 4 is 11.6 Å². The number of hydrogen-bond donors (Lipinski definition) is 0. The Hall–Kier alpha value is -3.34. The molecule has 1 aromatic heterocycles. The summed E-state index contributed by atoms with van der Waals surface area (Å²) in [5.41, 5.74) is 3.39. The van der Waals surface area contributed by atoms with Crippen LogP contribution in [-0.2, 0) is 6.54 Å². The lowest BCUT2D eigenvalue weighted by molar-refractivity contribution is 0.0984. The molecule has 0 N–H and O–H groups in total. The maximum atomic E-state index is 13.4. The Kier molecular flexibility index (Phi) is 5.71. The van der Waals surface area contributed by atoms with Crippen molar-refractivity contribution in [3.05, 3.63) is 83.7 Å². The lowest BCUT2D eigenvalue weighted by atomic mass is 10.1. The molecule has 138 valence electrons. The lowest BCUT2D eigenvalue weighted by Crippen LogP contribution is -2.30. The molecule has 0 aliphatic carbocycles. The van der Waals surface area contributed by atoms with Crippen LogP contribution in [0.25, 0.3) is 0 Å². The van der Waals surface area contributed by atoms with E-state index in [1.54, 1.807) is 49.7 Å². The Morgan fingerprint density at radius 2 is 1.67 bits per heavy atom. The molecule has 0 radical (unpaired) electrons. The molecule has 1 heterocycles. The molecule has 3 rings (SSSR count). The van der Waals surface area contributed by atoms with Crippen LogP contribution in [0.2, 0.25) is 0 Å². The van der Waals surface area contributed by atoms with E-state index in [0.717, 1.165) is 16.8 Å². The number of amides is 1. The second kappa shape index (κ2) is 8.36. The number of anilines is 1. The van der Waals surface area contributed by atoms with Gasteiger partial charge in [0.2, 0.25) is 0 Å². The number of methoxy groups -OCH3 is 2. The average molecular weight is 362 g/mol. The summed E-state index contributed by atoms with van der Waals surface area (Å²) >= 11 is 0. The molecule has 1 amide bonds. The Morgan fingerprint density at radius 1 is 1.00 bits per heavy atom. The first-order valence-corrected chi connectivity index (χ1v) is 8.61. The largest absolute Gasteiger partial charge is 0.497 e. The molecular formula is C22H22N2O3. The Morgan fingerprint density at radius 3 is 2.22 bits per heavy atom. The molecular weight excluding hydrogens is 340 g/mol. The van der Waals surface area contributed by atoms with E-state index >= 15 is 0 Å². The van der Waals surface area contributed by atoms with Gasteiger partial charge >= 0.3 is 0 Å². The van der Waals surface area contributed by atoms with E-state index in [4.69, 9.17) is 9.47 Å². The Labute approximate surface area is 159 Å². The Balaban J connectivity index is 2.01. The van der Waals surface area contributed by atoms with Gasteiger partial charge in [0, 0.05) is 29.7 Å². The van der Waals surface area contributed by atoms with Crippen molar-refractivity contribution in [1.29, 1.82) is 0 Å². The van der Waals surface area contributed by atoms with Crippen molar-refractivity contribution < 1.29 is 14.3 Å². The number of aryl methyl sites for hydroxylation is 1. The van der Waals surface area contributed by atoms with Crippen molar-refractivity contribution in [3.8, 4) is 11.5 Å². The minimum Gasteiger partial charge on any atom is -0.497 e. The summed E-state index contributed by atoms with van der Waals surface area (Å²) < 4.78 is 10.6. The summed E-state index contributed by atoms with van der Waals surface area (Å²) in [6.07, 6.45) is 3.48. The van der Waals surface area contributed by atoms with Crippen LogP contribution in [0.5, 0.6) is 11.5 Å². The van der Waals surface area contributed by atoms with Gasteiger partial charge in [-0.25, -0.2) is 0 Å². The maximum absolute atomic E-state index is 13.4. The molecule has 5 nitrogen and oxygen atoms in total. The van der Waals surface area contributed by atoms with Gasteiger partial charge in [0.15, 0.2) is 0 Å². The second-order valence-electron chi connectivity index (χ2n) is 6.19.